The zero-order valence-corrected chi connectivity index (χ0v) is 20.2. The van der Waals surface area contributed by atoms with E-state index in [1.165, 1.54) is 5.56 Å². The van der Waals surface area contributed by atoms with E-state index in [0.717, 1.165) is 55.8 Å². The summed E-state index contributed by atoms with van der Waals surface area (Å²) in [7, 11) is 0. The molecule has 1 amide bonds. The monoisotopic (exact) mass is 484 g/mol. The lowest BCUT2D eigenvalue weighted by Gasteiger charge is -2.30. The maximum Gasteiger partial charge on any atom is 0.223 e. The van der Waals surface area contributed by atoms with Crippen LogP contribution in [0.3, 0.4) is 0 Å². The molecule has 5 rings (SSSR count). The number of benzene rings is 2. The summed E-state index contributed by atoms with van der Waals surface area (Å²) >= 11 is 6.04. The number of likely N-dealkylation sites (tertiary alicyclic amines) is 1. The number of hydrogen-bond donors (Lipinski definition) is 2. The summed E-state index contributed by atoms with van der Waals surface area (Å²) in [5.41, 5.74) is 1.98. The summed E-state index contributed by atoms with van der Waals surface area (Å²) in [5, 5.41) is 15.3. The number of amides is 1. The Labute approximate surface area is 206 Å². The average molecular weight is 485 g/mol. The van der Waals surface area contributed by atoms with Crippen molar-refractivity contribution in [1.29, 1.82) is 0 Å². The molecule has 1 saturated heterocycles. The van der Waals surface area contributed by atoms with Gasteiger partial charge in [-0.05, 0) is 86.5 Å². The number of aliphatic hydroxyl groups excluding tert-OH is 1. The fourth-order valence-corrected chi connectivity index (χ4v) is 5.63. The summed E-state index contributed by atoms with van der Waals surface area (Å²) in [5.74, 6) is 1.71. The maximum atomic E-state index is 13.3. The van der Waals surface area contributed by atoms with E-state index in [-0.39, 0.29) is 17.9 Å². The van der Waals surface area contributed by atoms with Crippen LogP contribution in [0.4, 0.5) is 0 Å². The van der Waals surface area contributed by atoms with Crippen LogP contribution in [-0.2, 0) is 4.79 Å². The summed E-state index contributed by atoms with van der Waals surface area (Å²) in [6.45, 7) is 3.66. The summed E-state index contributed by atoms with van der Waals surface area (Å²) in [4.78, 5) is 15.7. The van der Waals surface area contributed by atoms with Gasteiger partial charge in [0.1, 0.15) is 19.3 Å². The quantitative estimate of drug-likeness (QED) is 0.612. The van der Waals surface area contributed by atoms with Crippen molar-refractivity contribution in [2.45, 2.75) is 50.2 Å². The van der Waals surface area contributed by atoms with E-state index in [0.29, 0.717) is 37.2 Å². The lowest BCUT2D eigenvalue weighted by molar-refractivity contribution is -0.126. The molecule has 6 nitrogen and oxygen atoms in total. The SMILES string of the molecule is O=C(N[C@H](CN1CCCC1)[C@H](O)c1ccc2c(c1)OCCO2)C1CCC(c2ccc(Cl)cc2)C1. The van der Waals surface area contributed by atoms with Crippen molar-refractivity contribution >= 4 is 17.5 Å². The fourth-order valence-electron chi connectivity index (χ4n) is 5.50. The molecule has 2 N–H and O–H groups in total. The van der Waals surface area contributed by atoms with Crippen LogP contribution < -0.4 is 14.8 Å². The van der Waals surface area contributed by atoms with Crippen molar-refractivity contribution in [3.63, 3.8) is 0 Å². The molecule has 182 valence electrons. The van der Waals surface area contributed by atoms with Gasteiger partial charge in [0.2, 0.25) is 5.91 Å². The van der Waals surface area contributed by atoms with Crippen LogP contribution in [0.2, 0.25) is 5.02 Å². The number of aliphatic hydroxyl groups is 1. The first kappa shape index (κ1) is 23.5. The summed E-state index contributed by atoms with van der Waals surface area (Å²) in [6.07, 6.45) is 4.16. The van der Waals surface area contributed by atoms with Crippen LogP contribution in [0, 0.1) is 5.92 Å². The van der Waals surface area contributed by atoms with Crippen molar-refractivity contribution in [3.8, 4) is 11.5 Å². The van der Waals surface area contributed by atoms with E-state index in [9.17, 15) is 9.90 Å². The first-order chi connectivity index (χ1) is 16.6. The second-order valence-corrected chi connectivity index (χ2v) is 10.2. The van der Waals surface area contributed by atoms with E-state index in [4.69, 9.17) is 21.1 Å². The number of carbonyl (C=O) groups excluding carboxylic acids is 1. The van der Waals surface area contributed by atoms with Gasteiger partial charge in [-0.2, -0.15) is 0 Å². The molecule has 1 saturated carbocycles. The number of nitrogens with one attached hydrogen (secondary N) is 1. The fraction of sp³-hybridized carbons (Fsp3) is 0.519. The Balaban J connectivity index is 1.28. The number of nitrogens with zero attached hydrogens (tertiary/aromatic N) is 1. The van der Waals surface area contributed by atoms with E-state index >= 15 is 0 Å². The smallest absolute Gasteiger partial charge is 0.223 e. The van der Waals surface area contributed by atoms with Gasteiger partial charge in [0.25, 0.3) is 0 Å². The number of halogens is 1. The third kappa shape index (κ3) is 5.35. The number of carbonyl (C=O) groups is 1. The number of hydrogen-bond acceptors (Lipinski definition) is 5. The molecule has 2 fully saturated rings. The van der Waals surface area contributed by atoms with E-state index in [2.05, 4.69) is 22.3 Å². The van der Waals surface area contributed by atoms with Gasteiger partial charge < -0.3 is 24.8 Å². The Morgan fingerprint density at radius 2 is 1.79 bits per heavy atom. The third-order valence-electron chi connectivity index (χ3n) is 7.41. The zero-order chi connectivity index (χ0) is 23.5. The normalized spacial score (nSPS) is 24.1. The molecule has 2 aliphatic heterocycles. The molecule has 2 aromatic carbocycles. The van der Waals surface area contributed by atoms with Crippen LogP contribution in [-0.4, -0.2) is 54.8 Å². The molecule has 3 aliphatic rings. The van der Waals surface area contributed by atoms with Gasteiger partial charge in [0.15, 0.2) is 11.5 Å². The Morgan fingerprint density at radius 1 is 1.06 bits per heavy atom. The number of ether oxygens (including phenoxy) is 2. The van der Waals surface area contributed by atoms with Gasteiger partial charge >= 0.3 is 0 Å². The first-order valence-corrected chi connectivity index (χ1v) is 12.8. The molecule has 34 heavy (non-hydrogen) atoms. The van der Waals surface area contributed by atoms with Gasteiger partial charge in [-0.25, -0.2) is 0 Å². The molecule has 0 spiro atoms. The minimum atomic E-state index is -0.825. The molecule has 2 aromatic rings. The first-order valence-electron chi connectivity index (χ1n) is 12.4. The van der Waals surface area contributed by atoms with Crippen molar-refractivity contribution < 1.29 is 19.4 Å². The molecule has 2 unspecified atom stereocenters. The molecule has 0 aromatic heterocycles. The Bertz CT molecular complexity index is 993. The molecule has 0 radical (unpaired) electrons. The number of rotatable bonds is 7. The minimum absolute atomic E-state index is 0.0391. The van der Waals surface area contributed by atoms with Gasteiger partial charge in [0.05, 0.1) is 6.04 Å². The van der Waals surface area contributed by atoms with E-state index in [1.807, 2.05) is 30.3 Å². The second-order valence-electron chi connectivity index (χ2n) is 9.73. The molecule has 4 atom stereocenters. The highest BCUT2D eigenvalue weighted by molar-refractivity contribution is 6.30. The Morgan fingerprint density at radius 3 is 2.56 bits per heavy atom. The van der Waals surface area contributed by atoms with Crippen LogP contribution in [0.15, 0.2) is 42.5 Å². The Kier molecular flexibility index (Phi) is 7.28. The lowest BCUT2D eigenvalue weighted by Crippen LogP contribution is -2.48. The summed E-state index contributed by atoms with van der Waals surface area (Å²) < 4.78 is 11.3. The van der Waals surface area contributed by atoms with Gasteiger partial charge in [-0.15, -0.1) is 0 Å². The van der Waals surface area contributed by atoms with Crippen molar-refractivity contribution in [3.05, 3.63) is 58.6 Å². The lowest BCUT2D eigenvalue weighted by atomic mass is 9.95. The molecular formula is C27H33ClN2O4. The highest BCUT2D eigenvalue weighted by Crippen LogP contribution is 2.39. The number of fused-ring (bicyclic) bond motifs is 1. The topological polar surface area (TPSA) is 71.0 Å². The predicted octanol–water partition coefficient (Wildman–Crippen LogP) is 4.31. The van der Waals surface area contributed by atoms with Gasteiger partial charge in [-0.3, -0.25) is 4.79 Å². The minimum Gasteiger partial charge on any atom is -0.486 e. The zero-order valence-electron chi connectivity index (χ0n) is 19.4. The maximum absolute atomic E-state index is 13.3. The van der Waals surface area contributed by atoms with E-state index in [1.54, 1.807) is 0 Å². The second kappa shape index (κ2) is 10.5. The predicted molar refractivity (Wildman–Crippen MR) is 132 cm³/mol. The Hall–Kier alpha value is -2.28. The standard InChI is InChI=1S/C27H33ClN2O4/c28-22-8-5-18(6-9-22)19-3-4-21(15-19)27(32)29-23(17-30-11-1-2-12-30)26(31)20-7-10-24-25(16-20)34-14-13-33-24/h5-10,16,19,21,23,26,31H,1-4,11-15,17H2,(H,29,32)/t19?,21?,23-,26-/m1/s1. The highest BCUT2D eigenvalue weighted by Gasteiger charge is 2.34. The third-order valence-corrected chi connectivity index (χ3v) is 7.67. The van der Waals surface area contributed by atoms with Crippen molar-refractivity contribution in [2.75, 3.05) is 32.8 Å². The molecule has 2 heterocycles. The summed E-state index contributed by atoms with van der Waals surface area (Å²) in [6, 6.07) is 13.1. The molecule has 1 aliphatic carbocycles. The highest BCUT2D eigenvalue weighted by atomic mass is 35.5. The van der Waals surface area contributed by atoms with Crippen molar-refractivity contribution in [1.82, 2.24) is 10.2 Å². The molecular weight excluding hydrogens is 452 g/mol. The van der Waals surface area contributed by atoms with Gasteiger partial charge in [-0.1, -0.05) is 29.8 Å². The molecule has 0 bridgehead atoms. The largest absolute Gasteiger partial charge is 0.486 e. The van der Waals surface area contributed by atoms with E-state index < -0.39 is 6.10 Å². The van der Waals surface area contributed by atoms with Crippen LogP contribution >= 0.6 is 11.6 Å². The van der Waals surface area contributed by atoms with Crippen LogP contribution in [0.25, 0.3) is 0 Å². The van der Waals surface area contributed by atoms with Crippen LogP contribution in [0.5, 0.6) is 11.5 Å². The van der Waals surface area contributed by atoms with Gasteiger partial charge in [0, 0.05) is 17.5 Å². The average Bonchev–Trinajstić information content (AvgIpc) is 3.56. The molecule has 7 heteroatoms. The van der Waals surface area contributed by atoms with Crippen molar-refractivity contribution in [2.24, 2.45) is 5.92 Å². The van der Waals surface area contributed by atoms with Crippen LogP contribution in [0.1, 0.15) is 55.3 Å².